The van der Waals surface area contributed by atoms with Crippen molar-refractivity contribution < 1.29 is 14.5 Å². The Morgan fingerprint density at radius 3 is 2.56 bits per heavy atom. The van der Waals surface area contributed by atoms with Gasteiger partial charge in [-0.05, 0) is 54.9 Å². The number of ether oxygens (including phenoxy) is 1. The van der Waals surface area contributed by atoms with Gasteiger partial charge in [0.15, 0.2) is 5.11 Å². The summed E-state index contributed by atoms with van der Waals surface area (Å²) in [7, 11) is 0. The van der Waals surface area contributed by atoms with Crippen LogP contribution in [0.3, 0.4) is 0 Å². The minimum absolute atomic E-state index is 0.0972. The Morgan fingerprint density at radius 2 is 1.93 bits per heavy atom. The predicted molar refractivity (Wildman–Crippen MR) is 108 cm³/mol. The number of benzene rings is 2. The van der Waals surface area contributed by atoms with Crippen LogP contribution in [-0.4, -0.2) is 22.5 Å². The van der Waals surface area contributed by atoms with Gasteiger partial charge in [-0.2, -0.15) is 0 Å². The maximum Gasteiger partial charge on any atom is 0.270 e. The smallest absolute Gasteiger partial charge is 0.270 e. The molecule has 2 aromatic carbocycles. The average Bonchev–Trinajstić information content (AvgIpc) is 2.63. The molecule has 0 unspecified atom stereocenters. The Kier molecular flexibility index (Phi) is 7.25. The van der Waals surface area contributed by atoms with Gasteiger partial charge < -0.3 is 10.1 Å². The topological polar surface area (TPSA) is 93.5 Å². The molecule has 0 atom stereocenters. The fourth-order valence-corrected chi connectivity index (χ4v) is 2.36. The number of nitrogens with one attached hydrogen (secondary N) is 2. The Bertz CT molecular complexity index is 822. The van der Waals surface area contributed by atoms with Crippen LogP contribution < -0.4 is 15.4 Å². The maximum atomic E-state index is 12.2. The van der Waals surface area contributed by atoms with E-state index >= 15 is 0 Å². The molecule has 0 bridgehead atoms. The molecule has 0 aliphatic rings. The summed E-state index contributed by atoms with van der Waals surface area (Å²) in [5, 5.41) is 16.3. The van der Waals surface area contributed by atoms with Crippen LogP contribution in [0.4, 0.5) is 11.4 Å². The van der Waals surface area contributed by atoms with Gasteiger partial charge in [0.1, 0.15) is 5.75 Å². The lowest BCUT2D eigenvalue weighted by molar-refractivity contribution is -0.384. The SMILES string of the molecule is CC(C)CCOc1ccc(NC(=S)NC(=O)c2cccc([N+](=O)[O-])c2)cc1. The average molecular weight is 387 g/mol. The first-order chi connectivity index (χ1) is 12.8. The van der Waals surface area contributed by atoms with E-state index in [1.165, 1.54) is 24.3 Å². The molecule has 27 heavy (non-hydrogen) atoms. The summed E-state index contributed by atoms with van der Waals surface area (Å²) >= 11 is 5.12. The number of carbonyl (C=O) groups excluding carboxylic acids is 1. The summed E-state index contributed by atoms with van der Waals surface area (Å²) in [5.74, 6) is 0.815. The molecule has 0 aromatic heterocycles. The van der Waals surface area contributed by atoms with Gasteiger partial charge in [0.25, 0.3) is 11.6 Å². The highest BCUT2D eigenvalue weighted by Crippen LogP contribution is 2.17. The summed E-state index contributed by atoms with van der Waals surface area (Å²) in [6.07, 6.45) is 0.980. The van der Waals surface area contributed by atoms with Crippen LogP contribution in [0.1, 0.15) is 30.6 Å². The highest BCUT2D eigenvalue weighted by atomic mass is 32.1. The Hall–Kier alpha value is -3.00. The van der Waals surface area contributed by atoms with Gasteiger partial charge in [-0.25, -0.2) is 0 Å². The fourth-order valence-electron chi connectivity index (χ4n) is 2.15. The molecule has 0 saturated carbocycles. The van der Waals surface area contributed by atoms with Gasteiger partial charge in [-0.15, -0.1) is 0 Å². The summed E-state index contributed by atoms with van der Waals surface area (Å²) in [6, 6.07) is 12.6. The van der Waals surface area contributed by atoms with E-state index in [0.717, 1.165) is 12.2 Å². The van der Waals surface area contributed by atoms with Crippen LogP contribution in [0, 0.1) is 16.0 Å². The monoisotopic (exact) mass is 387 g/mol. The summed E-state index contributed by atoms with van der Waals surface area (Å²) in [4.78, 5) is 22.4. The highest BCUT2D eigenvalue weighted by molar-refractivity contribution is 7.80. The first kappa shape index (κ1) is 20.3. The largest absolute Gasteiger partial charge is 0.494 e. The van der Waals surface area contributed by atoms with Crippen molar-refractivity contribution in [2.24, 2.45) is 5.92 Å². The molecule has 1 amide bonds. The van der Waals surface area contributed by atoms with Crippen molar-refractivity contribution in [3.05, 3.63) is 64.2 Å². The number of carbonyl (C=O) groups is 1. The van der Waals surface area contributed by atoms with Crippen molar-refractivity contribution in [3.63, 3.8) is 0 Å². The Morgan fingerprint density at radius 1 is 1.22 bits per heavy atom. The van der Waals surface area contributed by atoms with Crippen LogP contribution in [0.25, 0.3) is 0 Å². The van der Waals surface area contributed by atoms with Crippen molar-refractivity contribution in [1.29, 1.82) is 0 Å². The molecule has 0 spiro atoms. The molecule has 0 fully saturated rings. The number of thiocarbonyl (C=S) groups is 1. The Balaban J connectivity index is 1.88. The molecule has 7 nitrogen and oxygen atoms in total. The number of nitrogens with zero attached hydrogens (tertiary/aromatic N) is 1. The lowest BCUT2D eigenvalue weighted by atomic mass is 10.1. The van der Waals surface area contributed by atoms with Crippen LogP contribution in [-0.2, 0) is 0 Å². The lowest BCUT2D eigenvalue weighted by Crippen LogP contribution is -2.34. The number of hydrogen-bond acceptors (Lipinski definition) is 5. The zero-order valence-corrected chi connectivity index (χ0v) is 15.9. The number of amides is 1. The molecule has 0 saturated heterocycles. The number of nitro groups is 1. The van der Waals surface area contributed by atoms with Crippen LogP contribution in [0.2, 0.25) is 0 Å². The van der Waals surface area contributed by atoms with Crippen molar-refractivity contribution in [3.8, 4) is 5.75 Å². The standard InChI is InChI=1S/C19H21N3O4S/c1-13(2)10-11-26-17-8-6-15(7-9-17)20-19(27)21-18(23)14-4-3-5-16(12-14)22(24)25/h3-9,12-13H,10-11H2,1-2H3,(H2,20,21,23,27). The van der Waals surface area contributed by atoms with Gasteiger partial charge in [-0.1, -0.05) is 19.9 Å². The second kappa shape index (κ2) is 9.63. The molecular formula is C19H21N3O4S. The van der Waals surface area contributed by atoms with Crippen LogP contribution in [0.15, 0.2) is 48.5 Å². The quantitative estimate of drug-likeness (QED) is 0.421. The summed E-state index contributed by atoms with van der Waals surface area (Å²) < 4.78 is 5.64. The molecule has 0 aliphatic heterocycles. The van der Waals surface area contributed by atoms with Crippen LogP contribution >= 0.6 is 12.2 Å². The third-order valence-corrected chi connectivity index (χ3v) is 3.83. The molecule has 8 heteroatoms. The second-order valence-corrected chi connectivity index (χ2v) is 6.68. The third-order valence-electron chi connectivity index (χ3n) is 3.62. The lowest BCUT2D eigenvalue weighted by Gasteiger charge is -2.11. The van der Waals surface area contributed by atoms with E-state index in [0.29, 0.717) is 18.2 Å². The number of nitro benzene ring substituents is 1. The minimum atomic E-state index is -0.557. The van der Waals surface area contributed by atoms with Crippen molar-refractivity contribution in [2.45, 2.75) is 20.3 Å². The zero-order chi connectivity index (χ0) is 19.8. The summed E-state index contributed by atoms with van der Waals surface area (Å²) in [6.45, 7) is 4.93. The second-order valence-electron chi connectivity index (χ2n) is 6.27. The van der Waals surface area contributed by atoms with E-state index in [4.69, 9.17) is 17.0 Å². The van der Waals surface area contributed by atoms with Gasteiger partial charge in [0, 0.05) is 23.4 Å². The molecule has 0 aliphatic carbocycles. The zero-order valence-electron chi connectivity index (χ0n) is 15.1. The molecule has 2 N–H and O–H groups in total. The first-order valence-corrected chi connectivity index (χ1v) is 8.85. The van der Waals surface area contributed by atoms with E-state index in [1.807, 2.05) is 12.1 Å². The highest BCUT2D eigenvalue weighted by Gasteiger charge is 2.12. The van der Waals surface area contributed by atoms with Crippen molar-refractivity contribution in [1.82, 2.24) is 5.32 Å². The van der Waals surface area contributed by atoms with Gasteiger partial charge in [0.05, 0.1) is 11.5 Å². The molecule has 142 valence electrons. The third kappa shape index (κ3) is 6.67. The van der Waals surface area contributed by atoms with E-state index < -0.39 is 10.8 Å². The number of hydrogen-bond donors (Lipinski definition) is 2. The summed E-state index contributed by atoms with van der Waals surface area (Å²) in [5.41, 5.74) is 0.687. The molecule has 0 radical (unpaired) electrons. The first-order valence-electron chi connectivity index (χ1n) is 8.45. The van der Waals surface area contributed by atoms with E-state index in [2.05, 4.69) is 24.5 Å². The van der Waals surface area contributed by atoms with Crippen LogP contribution in [0.5, 0.6) is 5.75 Å². The molecule has 0 heterocycles. The van der Waals surface area contributed by atoms with Crippen molar-refractivity contribution >= 4 is 34.6 Å². The van der Waals surface area contributed by atoms with E-state index in [9.17, 15) is 14.9 Å². The minimum Gasteiger partial charge on any atom is -0.494 e. The van der Waals surface area contributed by atoms with Crippen molar-refractivity contribution in [2.75, 3.05) is 11.9 Å². The predicted octanol–water partition coefficient (Wildman–Crippen LogP) is 4.15. The number of anilines is 1. The molecule has 2 rings (SSSR count). The van der Waals surface area contributed by atoms with Gasteiger partial charge in [0.2, 0.25) is 0 Å². The Labute approximate surface area is 162 Å². The van der Waals surface area contributed by atoms with Gasteiger partial charge >= 0.3 is 0 Å². The van der Waals surface area contributed by atoms with Gasteiger partial charge in [-0.3, -0.25) is 20.2 Å². The number of rotatable bonds is 7. The van der Waals surface area contributed by atoms with E-state index in [1.54, 1.807) is 12.1 Å². The van der Waals surface area contributed by atoms with E-state index in [-0.39, 0.29) is 16.4 Å². The normalized spacial score (nSPS) is 10.3. The molecular weight excluding hydrogens is 366 g/mol. The molecule has 2 aromatic rings. The number of non-ortho nitro benzene ring substituents is 1. The fraction of sp³-hybridized carbons (Fsp3) is 0.263. The maximum absolute atomic E-state index is 12.2.